The lowest BCUT2D eigenvalue weighted by molar-refractivity contribution is -0.274. The minimum absolute atomic E-state index is 0.0659. The van der Waals surface area contributed by atoms with Gasteiger partial charge in [-0.2, -0.15) is 0 Å². The summed E-state index contributed by atoms with van der Waals surface area (Å²) in [4.78, 5) is 27.7. The van der Waals surface area contributed by atoms with Gasteiger partial charge in [-0.3, -0.25) is 9.78 Å². The van der Waals surface area contributed by atoms with Gasteiger partial charge in [0.25, 0.3) is 5.91 Å². The van der Waals surface area contributed by atoms with Gasteiger partial charge in [-0.25, -0.2) is 4.98 Å². The Morgan fingerprint density at radius 1 is 0.921 bits per heavy atom. The Labute approximate surface area is 219 Å². The molecule has 0 N–H and O–H groups in total. The summed E-state index contributed by atoms with van der Waals surface area (Å²) < 4.78 is 44.9. The number of nitrogens with zero attached hydrogens (tertiary/aromatic N) is 5. The number of piperidine rings is 1. The van der Waals surface area contributed by atoms with Gasteiger partial charge >= 0.3 is 6.36 Å². The fourth-order valence-corrected chi connectivity index (χ4v) is 5.76. The molecule has 0 atom stereocenters. The van der Waals surface area contributed by atoms with Crippen LogP contribution in [0.5, 0.6) is 5.75 Å². The van der Waals surface area contributed by atoms with Crippen LogP contribution >= 0.6 is 0 Å². The number of aromatic nitrogens is 3. The fourth-order valence-electron chi connectivity index (χ4n) is 5.76. The predicted octanol–water partition coefficient (Wildman–Crippen LogP) is 5.55. The average molecular weight is 526 g/mol. The van der Waals surface area contributed by atoms with Crippen molar-refractivity contribution in [3.63, 3.8) is 0 Å². The number of alkyl halides is 3. The summed E-state index contributed by atoms with van der Waals surface area (Å²) in [6, 6.07) is 10.0. The molecule has 1 aliphatic carbocycles. The van der Waals surface area contributed by atoms with Crippen LogP contribution in [0.2, 0.25) is 0 Å². The van der Waals surface area contributed by atoms with E-state index in [1.165, 1.54) is 31.0 Å². The van der Waals surface area contributed by atoms with Gasteiger partial charge in [0, 0.05) is 48.7 Å². The predicted molar refractivity (Wildman–Crippen MR) is 136 cm³/mol. The number of halogens is 3. The molecule has 2 aliphatic heterocycles. The lowest BCUT2D eigenvalue weighted by Crippen LogP contribution is -2.46. The van der Waals surface area contributed by atoms with Gasteiger partial charge in [0.15, 0.2) is 0 Å². The lowest BCUT2D eigenvalue weighted by atomic mass is 10.0. The van der Waals surface area contributed by atoms with Crippen LogP contribution in [0.15, 0.2) is 48.8 Å². The van der Waals surface area contributed by atoms with Gasteiger partial charge in [-0.15, -0.1) is 13.2 Å². The highest BCUT2D eigenvalue weighted by Gasteiger charge is 2.38. The highest BCUT2D eigenvalue weighted by atomic mass is 19.4. The van der Waals surface area contributed by atoms with Crippen molar-refractivity contribution in [2.24, 2.45) is 0 Å². The largest absolute Gasteiger partial charge is 0.573 e. The molecule has 0 spiro atoms. The Balaban J connectivity index is 1.38. The van der Waals surface area contributed by atoms with E-state index in [4.69, 9.17) is 4.98 Å². The van der Waals surface area contributed by atoms with Gasteiger partial charge in [0.05, 0.1) is 0 Å². The molecule has 3 aliphatic rings. The zero-order valence-corrected chi connectivity index (χ0v) is 21.0. The van der Waals surface area contributed by atoms with Crippen molar-refractivity contribution < 1.29 is 22.7 Å². The Kier molecular flexibility index (Phi) is 6.59. The number of imidazole rings is 1. The molecule has 4 heterocycles. The van der Waals surface area contributed by atoms with E-state index in [0.29, 0.717) is 47.5 Å². The van der Waals surface area contributed by atoms with Gasteiger partial charge < -0.3 is 19.1 Å². The molecule has 2 aromatic heterocycles. The van der Waals surface area contributed by atoms with E-state index in [0.717, 1.165) is 38.8 Å². The number of rotatable bonds is 6. The van der Waals surface area contributed by atoms with Crippen molar-refractivity contribution in [3.05, 3.63) is 54.5 Å². The normalized spacial score (nSPS) is 19.2. The number of hydrogen-bond donors (Lipinski definition) is 0. The van der Waals surface area contributed by atoms with E-state index in [2.05, 4.69) is 14.6 Å². The van der Waals surface area contributed by atoms with Crippen molar-refractivity contribution in [2.75, 3.05) is 26.2 Å². The lowest BCUT2D eigenvalue weighted by Gasteiger charge is -2.36. The molecular formula is C28H30F3N5O2. The summed E-state index contributed by atoms with van der Waals surface area (Å²) in [5.41, 5.74) is 2.16. The molecular weight excluding hydrogens is 495 g/mol. The van der Waals surface area contributed by atoms with Gasteiger partial charge in [-0.1, -0.05) is 12.1 Å². The molecule has 200 valence electrons. The maximum atomic E-state index is 14.1. The Hall–Kier alpha value is -3.40. The highest BCUT2D eigenvalue weighted by Crippen LogP contribution is 2.43. The van der Waals surface area contributed by atoms with E-state index in [9.17, 15) is 18.0 Å². The second kappa shape index (κ2) is 10.1. The van der Waals surface area contributed by atoms with Crippen molar-refractivity contribution >= 4 is 5.91 Å². The van der Waals surface area contributed by atoms with Gasteiger partial charge in [-0.05, 0) is 75.9 Å². The Bertz CT molecular complexity index is 1290. The summed E-state index contributed by atoms with van der Waals surface area (Å²) in [6.07, 6.45) is 4.65. The quantitative estimate of drug-likeness (QED) is 0.423. The molecule has 7 nitrogen and oxygen atoms in total. The molecule has 0 radical (unpaired) electrons. The molecule has 3 fully saturated rings. The number of amides is 1. The third kappa shape index (κ3) is 5.14. The summed E-state index contributed by atoms with van der Waals surface area (Å²) in [5.74, 6) is 0.0616. The molecule has 0 bridgehead atoms. The summed E-state index contributed by atoms with van der Waals surface area (Å²) >= 11 is 0. The number of hydrogen-bond acceptors (Lipinski definition) is 5. The van der Waals surface area contributed by atoms with Crippen LogP contribution < -0.4 is 4.74 Å². The van der Waals surface area contributed by atoms with Crippen LogP contribution in [-0.4, -0.2) is 68.8 Å². The number of pyridine rings is 1. The van der Waals surface area contributed by atoms with E-state index < -0.39 is 6.36 Å². The molecule has 38 heavy (non-hydrogen) atoms. The molecule has 1 aromatic carbocycles. The van der Waals surface area contributed by atoms with Crippen LogP contribution in [0.1, 0.15) is 55.1 Å². The maximum absolute atomic E-state index is 14.1. The van der Waals surface area contributed by atoms with E-state index in [1.807, 2.05) is 15.5 Å². The topological polar surface area (TPSA) is 63.5 Å². The van der Waals surface area contributed by atoms with Crippen LogP contribution in [0.25, 0.3) is 22.6 Å². The van der Waals surface area contributed by atoms with Crippen LogP contribution in [0, 0.1) is 0 Å². The number of ether oxygens (including phenoxy) is 1. The van der Waals surface area contributed by atoms with Crippen LogP contribution in [0.4, 0.5) is 13.2 Å². The number of likely N-dealkylation sites (tertiary alicyclic amines) is 2. The number of benzene rings is 1. The van der Waals surface area contributed by atoms with Gasteiger partial charge in [0.2, 0.25) is 0 Å². The van der Waals surface area contributed by atoms with Crippen LogP contribution in [0.3, 0.4) is 0 Å². The first-order valence-corrected chi connectivity index (χ1v) is 13.3. The minimum atomic E-state index is -4.80. The van der Waals surface area contributed by atoms with Crippen LogP contribution in [-0.2, 0) is 0 Å². The number of carbonyl (C=O) groups is 1. The van der Waals surface area contributed by atoms with Crippen molar-refractivity contribution in [1.29, 1.82) is 0 Å². The summed E-state index contributed by atoms with van der Waals surface area (Å²) in [6.45, 7) is 3.62. The molecule has 0 unspecified atom stereocenters. The molecule has 2 saturated heterocycles. The summed E-state index contributed by atoms with van der Waals surface area (Å²) in [7, 11) is 0. The first-order chi connectivity index (χ1) is 18.4. The highest BCUT2D eigenvalue weighted by molar-refractivity contribution is 5.99. The molecule has 10 heteroatoms. The van der Waals surface area contributed by atoms with Crippen molar-refractivity contribution in [2.45, 2.75) is 57.0 Å². The number of carbonyl (C=O) groups excluding carboxylic acids is 1. The zero-order valence-electron chi connectivity index (χ0n) is 21.0. The molecule has 1 saturated carbocycles. The molecule has 1 amide bonds. The van der Waals surface area contributed by atoms with Gasteiger partial charge in [0.1, 0.15) is 23.0 Å². The smallest absolute Gasteiger partial charge is 0.406 e. The third-order valence-corrected chi connectivity index (χ3v) is 7.70. The fraction of sp³-hybridized carbons (Fsp3) is 0.464. The first-order valence-electron chi connectivity index (χ1n) is 13.3. The SMILES string of the molecule is O=C(c1c(-c2cccnc2)nc(-c2cccc(OC(F)(F)F)c2)n1C1CC1)N1CCC(N2CCCC2)CC1. The summed E-state index contributed by atoms with van der Waals surface area (Å²) in [5, 5.41) is 0. The van der Waals surface area contributed by atoms with E-state index >= 15 is 0 Å². The van der Waals surface area contributed by atoms with Crippen molar-refractivity contribution in [1.82, 2.24) is 24.3 Å². The molecule has 6 rings (SSSR count). The Morgan fingerprint density at radius 3 is 2.32 bits per heavy atom. The second-order valence-electron chi connectivity index (χ2n) is 10.3. The zero-order chi connectivity index (χ0) is 26.3. The van der Waals surface area contributed by atoms with Crippen molar-refractivity contribution in [3.8, 4) is 28.4 Å². The first kappa shape index (κ1) is 24.9. The molecule has 3 aromatic rings. The Morgan fingerprint density at radius 2 is 1.66 bits per heavy atom. The van der Waals surface area contributed by atoms with E-state index in [-0.39, 0.29) is 17.7 Å². The monoisotopic (exact) mass is 525 g/mol. The maximum Gasteiger partial charge on any atom is 0.573 e. The third-order valence-electron chi connectivity index (χ3n) is 7.70. The second-order valence-corrected chi connectivity index (χ2v) is 10.3. The minimum Gasteiger partial charge on any atom is -0.406 e. The average Bonchev–Trinajstić information content (AvgIpc) is 3.44. The van der Waals surface area contributed by atoms with E-state index in [1.54, 1.807) is 24.5 Å². The standard InChI is InChI=1S/C28H30F3N5O2/c29-28(30,31)38-23-7-3-5-19(17-23)26-33-24(20-6-4-12-32-18-20)25(36(26)22-8-9-22)27(37)35-15-10-21(11-16-35)34-13-1-2-14-34/h3-7,12,17-18,21-22H,1-2,8-11,13-16H2.